The number of hydrogen-bond donors (Lipinski definition) is 1. The maximum atomic E-state index is 9.18. The second-order valence-electron chi connectivity index (χ2n) is 4.68. The Morgan fingerprint density at radius 2 is 1.95 bits per heavy atom. The maximum absolute atomic E-state index is 9.18. The van der Waals surface area contributed by atoms with E-state index >= 15 is 0 Å². The SMILES string of the molecule is C[C@H](N)c1ccc(N(C)c2ccccc2C#N)cc1Br. The van der Waals surface area contributed by atoms with Crippen LogP contribution in [-0.4, -0.2) is 7.05 Å². The second kappa shape index (κ2) is 6.08. The van der Waals surface area contributed by atoms with Crippen molar-refractivity contribution in [1.29, 1.82) is 5.26 Å². The molecule has 2 aromatic rings. The Hall–Kier alpha value is -1.83. The van der Waals surface area contributed by atoms with Crippen LogP contribution in [0.15, 0.2) is 46.9 Å². The highest BCUT2D eigenvalue weighted by Crippen LogP contribution is 2.31. The predicted octanol–water partition coefficient (Wildman–Crippen LogP) is 4.11. The van der Waals surface area contributed by atoms with E-state index in [0.717, 1.165) is 21.4 Å². The van der Waals surface area contributed by atoms with Crippen molar-refractivity contribution in [3.05, 3.63) is 58.1 Å². The highest BCUT2D eigenvalue weighted by molar-refractivity contribution is 9.10. The zero-order valence-corrected chi connectivity index (χ0v) is 13.1. The number of hydrogen-bond acceptors (Lipinski definition) is 3. The Morgan fingerprint density at radius 1 is 1.25 bits per heavy atom. The summed E-state index contributed by atoms with van der Waals surface area (Å²) in [5.74, 6) is 0. The fraction of sp³-hybridized carbons (Fsp3) is 0.188. The Labute approximate surface area is 127 Å². The van der Waals surface area contributed by atoms with Gasteiger partial charge in [-0.25, -0.2) is 0 Å². The normalized spacial score (nSPS) is 11.8. The third-order valence-electron chi connectivity index (χ3n) is 3.25. The molecule has 0 amide bonds. The van der Waals surface area contributed by atoms with Gasteiger partial charge in [-0.15, -0.1) is 0 Å². The number of halogens is 1. The third-order valence-corrected chi connectivity index (χ3v) is 3.93. The van der Waals surface area contributed by atoms with Gasteiger partial charge < -0.3 is 10.6 Å². The minimum atomic E-state index is -0.0184. The molecule has 4 heteroatoms. The number of benzene rings is 2. The van der Waals surface area contributed by atoms with Gasteiger partial charge in [-0.05, 0) is 36.8 Å². The average molecular weight is 330 g/mol. The molecule has 2 aromatic carbocycles. The molecule has 0 radical (unpaired) electrons. The van der Waals surface area contributed by atoms with E-state index in [2.05, 4.69) is 22.0 Å². The quantitative estimate of drug-likeness (QED) is 0.921. The largest absolute Gasteiger partial charge is 0.344 e. The summed E-state index contributed by atoms with van der Waals surface area (Å²) in [6, 6.07) is 15.8. The number of nitrogens with two attached hydrogens (primary N) is 1. The van der Waals surface area contributed by atoms with Gasteiger partial charge in [0.2, 0.25) is 0 Å². The van der Waals surface area contributed by atoms with Crippen LogP contribution in [0.5, 0.6) is 0 Å². The molecule has 0 fully saturated rings. The highest BCUT2D eigenvalue weighted by Gasteiger charge is 2.11. The van der Waals surface area contributed by atoms with E-state index in [0.29, 0.717) is 5.56 Å². The molecule has 0 aromatic heterocycles. The molecule has 0 spiro atoms. The summed E-state index contributed by atoms with van der Waals surface area (Å²) in [5.41, 5.74) is 9.52. The van der Waals surface area contributed by atoms with E-state index in [1.54, 1.807) is 0 Å². The molecule has 0 aliphatic rings. The van der Waals surface area contributed by atoms with Crippen molar-refractivity contribution >= 4 is 27.3 Å². The summed E-state index contributed by atoms with van der Waals surface area (Å²) in [6.45, 7) is 1.95. The van der Waals surface area contributed by atoms with Crippen molar-refractivity contribution in [2.45, 2.75) is 13.0 Å². The highest BCUT2D eigenvalue weighted by atomic mass is 79.9. The molecule has 0 heterocycles. The van der Waals surface area contributed by atoms with Crippen molar-refractivity contribution in [2.24, 2.45) is 5.73 Å². The maximum Gasteiger partial charge on any atom is 0.101 e. The Bertz CT molecular complexity index is 659. The molecule has 20 heavy (non-hydrogen) atoms. The van der Waals surface area contributed by atoms with Gasteiger partial charge in [-0.2, -0.15) is 5.26 Å². The van der Waals surface area contributed by atoms with Crippen LogP contribution in [0.2, 0.25) is 0 Å². The van der Waals surface area contributed by atoms with Crippen LogP contribution in [0, 0.1) is 11.3 Å². The molecular weight excluding hydrogens is 314 g/mol. The van der Waals surface area contributed by atoms with Crippen LogP contribution in [0.1, 0.15) is 24.1 Å². The molecule has 3 nitrogen and oxygen atoms in total. The number of nitrogens with zero attached hydrogens (tertiary/aromatic N) is 2. The molecule has 2 N–H and O–H groups in total. The summed E-state index contributed by atoms with van der Waals surface area (Å²) >= 11 is 3.55. The summed E-state index contributed by atoms with van der Waals surface area (Å²) < 4.78 is 0.978. The second-order valence-corrected chi connectivity index (χ2v) is 5.54. The van der Waals surface area contributed by atoms with Crippen molar-refractivity contribution in [1.82, 2.24) is 0 Å². The van der Waals surface area contributed by atoms with E-state index in [1.165, 1.54) is 0 Å². The average Bonchev–Trinajstić information content (AvgIpc) is 2.45. The fourth-order valence-corrected chi connectivity index (χ4v) is 2.82. The Balaban J connectivity index is 2.42. The van der Waals surface area contributed by atoms with E-state index in [-0.39, 0.29) is 6.04 Å². The summed E-state index contributed by atoms with van der Waals surface area (Å²) in [5, 5.41) is 9.18. The first kappa shape index (κ1) is 14.6. The molecule has 2 rings (SSSR count). The number of rotatable bonds is 3. The van der Waals surface area contributed by atoms with Crippen LogP contribution in [0.25, 0.3) is 0 Å². The van der Waals surface area contributed by atoms with Crippen LogP contribution < -0.4 is 10.6 Å². The van der Waals surface area contributed by atoms with Gasteiger partial charge in [-0.3, -0.25) is 0 Å². The topological polar surface area (TPSA) is 53.0 Å². The molecule has 1 atom stereocenters. The zero-order chi connectivity index (χ0) is 14.7. The lowest BCUT2D eigenvalue weighted by atomic mass is 10.1. The van der Waals surface area contributed by atoms with E-state index in [1.807, 2.05) is 61.3 Å². The van der Waals surface area contributed by atoms with Crippen LogP contribution in [0.4, 0.5) is 11.4 Å². The monoisotopic (exact) mass is 329 g/mol. The van der Waals surface area contributed by atoms with Crippen molar-refractivity contribution in [3.63, 3.8) is 0 Å². The summed E-state index contributed by atoms with van der Waals surface area (Å²) in [7, 11) is 1.95. The number of para-hydroxylation sites is 1. The molecule has 102 valence electrons. The molecule has 0 aliphatic carbocycles. The van der Waals surface area contributed by atoms with Crippen molar-refractivity contribution in [2.75, 3.05) is 11.9 Å². The lowest BCUT2D eigenvalue weighted by Gasteiger charge is -2.22. The van der Waals surface area contributed by atoms with Gasteiger partial charge in [0.25, 0.3) is 0 Å². The minimum absolute atomic E-state index is 0.0184. The molecule has 0 bridgehead atoms. The smallest absolute Gasteiger partial charge is 0.101 e. The first-order chi connectivity index (χ1) is 9.54. The molecule has 0 unspecified atom stereocenters. The lowest BCUT2D eigenvalue weighted by molar-refractivity contribution is 0.813. The number of nitriles is 1. The van der Waals surface area contributed by atoms with Crippen LogP contribution >= 0.6 is 15.9 Å². The van der Waals surface area contributed by atoms with Gasteiger partial charge in [0, 0.05) is 23.2 Å². The number of anilines is 2. The zero-order valence-electron chi connectivity index (χ0n) is 11.5. The van der Waals surface area contributed by atoms with E-state index in [4.69, 9.17) is 5.73 Å². The standard InChI is InChI=1S/C16H16BrN3/c1-11(19)14-8-7-13(9-15(14)17)20(2)16-6-4-3-5-12(16)10-18/h3-9,11H,19H2,1-2H3/t11-/m0/s1. The van der Waals surface area contributed by atoms with Crippen LogP contribution in [0.3, 0.4) is 0 Å². The van der Waals surface area contributed by atoms with E-state index in [9.17, 15) is 5.26 Å². The summed E-state index contributed by atoms with van der Waals surface area (Å²) in [6.07, 6.45) is 0. The third kappa shape index (κ3) is 2.84. The Morgan fingerprint density at radius 3 is 2.55 bits per heavy atom. The molecular formula is C16H16BrN3. The molecule has 0 saturated heterocycles. The first-order valence-corrected chi connectivity index (χ1v) is 7.11. The predicted molar refractivity (Wildman–Crippen MR) is 86.0 cm³/mol. The Kier molecular flexibility index (Phi) is 4.43. The molecule has 0 aliphatic heterocycles. The van der Waals surface area contributed by atoms with Gasteiger partial charge in [0.05, 0.1) is 11.3 Å². The fourth-order valence-electron chi connectivity index (χ4n) is 2.09. The van der Waals surface area contributed by atoms with Gasteiger partial charge in [0.15, 0.2) is 0 Å². The van der Waals surface area contributed by atoms with Gasteiger partial charge in [-0.1, -0.05) is 34.1 Å². The van der Waals surface area contributed by atoms with Crippen molar-refractivity contribution < 1.29 is 0 Å². The van der Waals surface area contributed by atoms with Gasteiger partial charge in [0.1, 0.15) is 6.07 Å². The lowest BCUT2D eigenvalue weighted by Crippen LogP contribution is -2.12. The van der Waals surface area contributed by atoms with E-state index < -0.39 is 0 Å². The van der Waals surface area contributed by atoms with Gasteiger partial charge >= 0.3 is 0 Å². The first-order valence-electron chi connectivity index (χ1n) is 6.32. The molecule has 0 saturated carbocycles. The summed E-state index contributed by atoms with van der Waals surface area (Å²) in [4.78, 5) is 1.99. The van der Waals surface area contributed by atoms with Crippen molar-refractivity contribution in [3.8, 4) is 6.07 Å². The minimum Gasteiger partial charge on any atom is -0.344 e. The van der Waals surface area contributed by atoms with Crippen LogP contribution in [-0.2, 0) is 0 Å².